The van der Waals surface area contributed by atoms with E-state index in [-0.39, 0.29) is 12.1 Å². The second kappa shape index (κ2) is 6.38. The summed E-state index contributed by atoms with van der Waals surface area (Å²) in [6.45, 7) is 7.89. The third kappa shape index (κ3) is 3.76. The number of carbonyl (C=O) groups is 1. The Morgan fingerprint density at radius 1 is 1.05 bits per heavy atom. The molecular formula is C18H32N2O2. The Balaban J connectivity index is 1.53. The lowest BCUT2D eigenvalue weighted by molar-refractivity contribution is 0.0327. The minimum Gasteiger partial charge on any atom is -0.444 e. The maximum Gasteiger partial charge on any atom is 0.407 e. The predicted molar refractivity (Wildman–Crippen MR) is 87.8 cm³/mol. The number of ether oxygens (including phenoxy) is 1. The zero-order valence-corrected chi connectivity index (χ0v) is 14.4. The van der Waals surface area contributed by atoms with Crippen molar-refractivity contribution in [1.29, 1.82) is 0 Å². The molecule has 3 aliphatic rings. The van der Waals surface area contributed by atoms with Crippen LogP contribution in [0.1, 0.15) is 65.7 Å². The highest BCUT2D eigenvalue weighted by molar-refractivity contribution is 5.68. The molecule has 22 heavy (non-hydrogen) atoms. The Morgan fingerprint density at radius 3 is 2.18 bits per heavy atom. The molecule has 1 heterocycles. The van der Waals surface area contributed by atoms with Gasteiger partial charge in [-0.1, -0.05) is 12.8 Å². The van der Waals surface area contributed by atoms with Crippen molar-refractivity contribution in [2.75, 3.05) is 13.1 Å². The number of carbonyl (C=O) groups excluding carboxylic acids is 1. The van der Waals surface area contributed by atoms with Gasteiger partial charge in [0.05, 0.1) is 0 Å². The lowest BCUT2D eigenvalue weighted by Gasteiger charge is -2.47. The SMILES string of the molecule is CC(C)(C)OC(=O)N[C@H]1CCN(C2C3CCCC2CCC3)C1. The van der Waals surface area contributed by atoms with Crippen molar-refractivity contribution < 1.29 is 9.53 Å². The molecule has 0 spiro atoms. The number of likely N-dealkylation sites (tertiary alicyclic amines) is 1. The van der Waals surface area contributed by atoms with Gasteiger partial charge in [-0.3, -0.25) is 4.90 Å². The first-order valence-corrected chi connectivity index (χ1v) is 9.16. The van der Waals surface area contributed by atoms with Crippen molar-refractivity contribution >= 4 is 6.09 Å². The van der Waals surface area contributed by atoms with E-state index in [4.69, 9.17) is 4.74 Å². The average Bonchev–Trinajstić information content (AvgIpc) is 2.83. The summed E-state index contributed by atoms with van der Waals surface area (Å²) in [5, 5.41) is 3.07. The topological polar surface area (TPSA) is 41.6 Å². The van der Waals surface area contributed by atoms with Crippen LogP contribution in [-0.2, 0) is 4.74 Å². The molecule has 1 N–H and O–H groups in total. The second-order valence-corrected chi connectivity index (χ2v) is 8.50. The molecule has 1 aliphatic heterocycles. The monoisotopic (exact) mass is 308 g/mol. The molecule has 3 fully saturated rings. The molecule has 0 radical (unpaired) electrons. The highest BCUT2D eigenvalue weighted by Crippen LogP contribution is 2.43. The van der Waals surface area contributed by atoms with Gasteiger partial charge in [-0.15, -0.1) is 0 Å². The Hall–Kier alpha value is -0.770. The summed E-state index contributed by atoms with van der Waals surface area (Å²) in [6, 6.07) is 1.05. The van der Waals surface area contributed by atoms with Gasteiger partial charge in [0, 0.05) is 25.2 Å². The van der Waals surface area contributed by atoms with Gasteiger partial charge >= 0.3 is 6.09 Å². The van der Waals surface area contributed by atoms with Crippen LogP contribution in [-0.4, -0.2) is 41.8 Å². The Morgan fingerprint density at radius 2 is 1.64 bits per heavy atom. The molecule has 3 rings (SSSR count). The highest BCUT2D eigenvalue weighted by Gasteiger charge is 2.42. The van der Waals surface area contributed by atoms with Crippen molar-refractivity contribution in [2.24, 2.45) is 11.8 Å². The third-order valence-corrected chi connectivity index (χ3v) is 5.63. The lowest BCUT2D eigenvalue weighted by Crippen LogP contribution is -2.50. The van der Waals surface area contributed by atoms with E-state index >= 15 is 0 Å². The maximum atomic E-state index is 11.9. The Kier molecular flexibility index (Phi) is 4.67. The average molecular weight is 308 g/mol. The van der Waals surface area contributed by atoms with Crippen LogP contribution in [0.2, 0.25) is 0 Å². The van der Waals surface area contributed by atoms with Gasteiger partial charge < -0.3 is 10.1 Å². The van der Waals surface area contributed by atoms with Crippen molar-refractivity contribution in [1.82, 2.24) is 10.2 Å². The summed E-state index contributed by atoms with van der Waals surface area (Å²) in [4.78, 5) is 14.6. The second-order valence-electron chi connectivity index (χ2n) is 8.50. The normalized spacial score (nSPS) is 36.1. The Bertz CT molecular complexity index is 382. The quantitative estimate of drug-likeness (QED) is 0.848. The van der Waals surface area contributed by atoms with E-state index in [1.807, 2.05) is 20.8 Å². The Labute approximate surface area is 135 Å². The molecule has 2 saturated carbocycles. The largest absolute Gasteiger partial charge is 0.444 e. The van der Waals surface area contributed by atoms with Gasteiger partial charge in [-0.25, -0.2) is 4.79 Å². The van der Waals surface area contributed by atoms with Crippen LogP contribution in [0.5, 0.6) is 0 Å². The van der Waals surface area contributed by atoms with Crippen molar-refractivity contribution in [3.63, 3.8) is 0 Å². The molecule has 1 saturated heterocycles. The van der Waals surface area contributed by atoms with Crippen LogP contribution < -0.4 is 5.32 Å². The fourth-order valence-electron chi connectivity index (χ4n) is 4.89. The minimum atomic E-state index is -0.414. The van der Waals surface area contributed by atoms with Crippen LogP contribution in [0.25, 0.3) is 0 Å². The summed E-state index contributed by atoms with van der Waals surface area (Å²) >= 11 is 0. The van der Waals surface area contributed by atoms with E-state index in [0.717, 1.165) is 37.4 Å². The smallest absolute Gasteiger partial charge is 0.407 e. The van der Waals surface area contributed by atoms with Crippen LogP contribution in [0.4, 0.5) is 4.79 Å². The summed E-state index contributed by atoms with van der Waals surface area (Å²) in [7, 11) is 0. The number of hydrogen-bond donors (Lipinski definition) is 1. The van der Waals surface area contributed by atoms with Gasteiger partial charge in [-0.05, 0) is 64.7 Å². The fraction of sp³-hybridized carbons (Fsp3) is 0.944. The third-order valence-electron chi connectivity index (χ3n) is 5.63. The van der Waals surface area contributed by atoms with E-state index in [0.29, 0.717) is 0 Å². The first kappa shape index (κ1) is 16.1. The zero-order valence-electron chi connectivity index (χ0n) is 14.4. The number of hydrogen-bond acceptors (Lipinski definition) is 3. The molecule has 4 heteroatoms. The first-order valence-electron chi connectivity index (χ1n) is 9.16. The van der Waals surface area contributed by atoms with Gasteiger partial charge in [0.25, 0.3) is 0 Å². The van der Waals surface area contributed by atoms with Gasteiger partial charge in [-0.2, -0.15) is 0 Å². The molecule has 126 valence electrons. The zero-order chi connectivity index (χ0) is 15.7. The van der Waals surface area contributed by atoms with Gasteiger partial charge in [0.1, 0.15) is 5.60 Å². The van der Waals surface area contributed by atoms with Gasteiger partial charge in [0.2, 0.25) is 0 Å². The van der Waals surface area contributed by atoms with E-state index in [9.17, 15) is 4.79 Å². The fourth-order valence-corrected chi connectivity index (χ4v) is 4.89. The number of nitrogens with one attached hydrogen (secondary N) is 1. The number of alkyl carbamates (subject to hydrolysis) is 1. The van der Waals surface area contributed by atoms with Crippen LogP contribution >= 0.6 is 0 Å². The predicted octanol–water partition coefficient (Wildman–Crippen LogP) is 3.55. The standard InChI is InChI=1S/C18H32N2O2/c1-18(2,3)22-17(21)19-15-10-11-20(12-15)16-13-6-4-7-14(16)9-5-8-13/h13-16H,4-12H2,1-3H3,(H,19,21)/t13?,14?,15-,16?/m0/s1. The molecular weight excluding hydrogens is 276 g/mol. The number of nitrogens with zero attached hydrogens (tertiary/aromatic N) is 1. The summed E-state index contributed by atoms with van der Waals surface area (Å²) in [5.74, 6) is 1.82. The number of amides is 1. The summed E-state index contributed by atoms with van der Waals surface area (Å²) in [6.07, 6.45) is 9.34. The van der Waals surface area contributed by atoms with Crippen LogP contribution in [0.15, 0.2) is 0 Å². The van der Waals surface area contributed by atoms with Crippen LogP contribution in [0, 0.1) is 11.8 Å². The minimum absolute atomic E-state index is 0.261. The lowest BCUT2D eigenvalue weighted by atomic mass is 9.68. The molecule has 2 aliphatic carbocycles. The molecule has 0 aromatic carbocycles. The van der Waals surface area contributed by atoms with E-state index in [2.05, 4.69) is 10.2 Å². The van der Waals surface area contributed by atoms with Crippen molar-refractivity contribution in [2.45, 2.75) is 83.4 Å². The maximum absolute atomic E-state index is 11.9. The molecule has 0 unspecified atom stereocenters. The molecule has 4 nitrogen and oxygen atoms in total. The number of fused-ring (bicyclic) bond motifs is 2. The molecule has 2 bridgehead atoms. The van der Waals surface area contributed by atoms with Crippen LogP contribution in [0.3, 0.4) is 0 Å². The van der Waals surface area contributed by atoms with Gasteiger partial charge in [0.15, 0.2) is 0 Å². The summed E-state index contributed by atoms with van der Waals surface area (Å²) in [5.41, 5.74) is -0.414. The summed E-state index contributed by atoms with van der Waals surface area (Å²) < 4.78 is 5.39. The van der Waals surface area contributed by atoms with E-state index < -0.39 is 5.60 Å². The molecule has 0 aromatic rings. The molecule has 1 amide bonds. The van der Waals surface area contributed by atoms with E-state index in [1.165, 1.54) is 38.5 Å². The first-order chi connectivity index (χ1) is 10.4. The number of rotatable bonds is 2. The molecule has 0 aromatic heterocycles. The van der Waals surface area contributed by atoms with Crippen molar-refractivity contribution in [3.8, 4) is 0 Å². The molecule has 1 atom stereocenters. The highest BCUT2D eigenvalue weighted by atomic mass is 16.6. The van der Waals surface area contributed by atoms with Crippen molar-refractivity contribution in [3.05, 3.63) is 0 Å². The van der Waals surface area contributed by atoms with E-state index in [1.54, 1.807) is 0 Å².